The lowest BCUT2D eigenvalue weighted by Gasteiger charge is -2.17. The molecule has 16 heavy (non-hydrogen) atoms. The van der Waals surface area contributed by atoms with Gasteiger partial charge in [-0.2, -0.15) is 0 Å². The topological polar surface area (TPSA) is 72.9 Å². The molecular weight excluding hydrogens is 204 g/mol. The van der Waals surface area contributed by atoms with Crippen LogP contribution in [0.25, 0.3) is 0 Å². The fourth-order valence-corrected chi connectivity index (χ4v) is 1.49. The number of hydrogen-bond donors (Lipinski definition) is 2. The van der Waals surface area contributed by atoms with Crippen molar-refractivity contribution in [3.63, 3.8) is 0 Å². The highest BCUT2D eigenvalue weighted by Gasteiger charge is 2.14. The van der Waals surface area contributed by atoms with E-state index in [1.807, 2.05) is 4.57 Å². The first-order valence-electron chi connectivity index (χ1n) is 5.52. The number of nitrogens with one attached hydrogen (secondary N) is 1. The van der Waals surface area contributed by atoms with Gasteiger partial charge >= 0.3 is 0 Å². The molecule has 3 N–H and O–H groups in total. The van der Waals surface area contributed by atoms with Crippen LogP contribution in [0.3, 0.4) is 0 Å². The second-order valence-corrected chi connectivity index (χ2v) is 4.26. The van der Waals surface area contributed by atoms with E-state index in [9.17, 15) is 4.79 Å². The van der Waals surface area contributed by atoms with Crippen LogP contribution in [-0.4, -0.2) is 22.0 Å². The molecule has 0 fully saturated rings. The lowest BCUT2D eigenvalue weighted by molar-refractivity contribution is -0.118. The van der Waals surface area contributed by atoms with Gasteiger partial charge in [-0.25, -0.2) is 4.98 Å². The summed E-state index contributed by atoms with van der Waals surface area (Å²) in [5.74, 6) is 0.353. The molecular formula is C11H20N4O. The van der Waals surface area contributed by atoms with Crippen molar-refractivity contribution >= 4 is 5.91 Å². The number of nitrogens with two attached hydrogens (primary N) is 1. The average molecular weight is 224 g/mol. The maximum atomic E-state index is 10.7. The van der Waals surface area contributed by atoms with Crippen LogP contribution >= 0.6 is 0 Å². The minimum atomic E-state index is -0.0187. The largest absolute Gasteiger partial charge is 0.355 e. The monoisotopic (exact) mass is 224 g/mol. The summed E-state index contributed by atoms with van der Waals surface area (Å²) in [6.07, 6.45) is 3.54. The van der Waals surface area contributed by atoms with Gasteiger partial charge in [0.15, 0.2) is 0 Å². The zero-order valence-electron chi connectivity index (χ0n) is 10.1. The van der Waals surface area contributed by atoms with Gasteiger partial charge in [0.25, 0.3) is 0 Å². The van der Waals surface area contributed by atoms with Gasteiger partial charge in [0.05, 0.1) is 12.0 Å². The Kier molecular flexibility index (Phi) is 4.49. The Balaban J connectivity index is 2.60. The first kappa shape index (κ1) is 12.7. The van der Waals surface area contributed by atoms with Crippen molar-refractivity contribution in [1.29, 1.82) is 0 Å². The van der Waals surface area contributed by atoms with E-state index < -0.39 is 0 Å². The number of aromatic nitrogens is 2. The van der Waals surface area contributed by atoms with Crippen molar-refractivity contribution in [1.82, 2.24) is 14.9 Å². The molecule has 1 atom stereocenters. The summed E-state index contributed by atoms with van der Waals surface area (Å²) in [5, 5.41) is 2.75. The van der Waals surface area contributed by atoms with E-state index in [0.29, 0.717) is 19.0 Å². The van der Waals surface area contributed by atoms with Gasteiger partial charge in [-0.05, 0) is 5.92 Å². The van der Waals surface area contributed by atoms with Crippen molar-refractivity contribution in [2.24, 2.45) is 11.7 Å². The van der Waals surface area contributed by atoms with E-state index in [1.54, 1.807) is 12.5 Å². The van der Waals surface area contributed by atoms with Gasteiger partial charge in [-0.1, -0.05) is 13.8 Å². The van der Waals surface area contributed by atoms with Crippen molar-refractivity contribution in [3.8, 4) is 0 Å². The summed E-state index contributed by atoms with van der Waals surface area (Å²) < 4.78 is 1.99. The Labute approximate surface area is 96.0 Å². The van der Waals surface area contributed by atoms with Crippen LogP contribution in [0.1, 0.15) is 32.5 Å². The van der Waals surface area contributed by atoms with E-state index >= 15 is 0 Å². The van der Waals surface area contributed by atoms with Crippen LogP contribution in [0.15, 0.2) is 12.5 Å². The van der Waals surface area contributed by atoms with Crippen molar-refractivity contribution in [2.75, 3.05) is 6.54 Å². The van der Waals surface area contributed by atoms with Crippen molar-refractivity contribution in [3.05, 3.63) is 18.2 Å². The molecule has 90 valence electrons. The highest BCUT2D eigenvalue weighted by atomic mass is 16.1. The van der Waals surface area contributed by atoms with Crippen LogP contribution < -0.4 is 11.1 Å². The summed E-state index contributed by atoms with van der Waals surface area (Å²) in [6.45, 7) is 6.97. The predicted octanol–water partition coefficient (Wildman–Crippen LogP) is 0.675. The molecule has 0 aliphatic carbocycles. The Morgan fingerprint density at radius 2 is 2.31 bits per heavy atom. The summed E-state index contributed by atoms with van der Waals surface area (Å²) >= 11 is 0. The summed E-state index contributed by atoms with van der Waals surface area (Å²) in [7, 11) is 0. The zero-order valence-corrected chi connectivity index (χ0v) is 10.1. The second-order valence-electron chi connectivity index (χ2n) is 4.26. The van der Waals surface area contributed by atoms with E-state index in [1.165, 1.54) is 6.92 Å². The Hall–Kier alpha value is -1.36. The average Bonchev–Trinajstić information content (AvgIpc) is 2.64. The van der Waals surface area contributed by atoms with E-state index in [2.05, 4.69) is 24.1 Å². The number of carbonyl (C=O) groups excluding carboxylic acids is 1. The molecule has 5 heteroatoms. The third-order valence-corrected chi connectivity index (χ3v) is 2.53. The molecule has 0 aliphatic rings. The molecule has 1 rings (SSSR count). The summed E-state index contributed by atoms with van der Waals surface area (Å²) in [5.41, 5.74) is 7.08. The molecule has 0 bridgehead atoms. The quantitative estimate of drug-likeness (QED) is 0.772. The van der Waals surface area contributed by atoms with Gasteiger partial charge in [0.1, 0.15) is 0 Å². The number of amides is 1. The zero-order chi connectivity index (χ0) is 12.1. The van der Waals surface area contributed by atoms with Crippen LogP contribution in [0.4, 0.5) is 0 Å². The van der Waals surface area contributed by atoms with Crippen molar-refractivity contribution in [2.45, 2.75) is 33.4 Å². The number of hydrogen-bond acceptors (Lipinski definition) is 3. The lowest BCUT2D eigenvalue weighted by Crippen LogP contribution is -2.26. The molecule has 0 saturated heterocycles. The lowest BCUT2D eigenvalue weighted by atomic mass is 10.0. The smallest absolute Gasteiger partial charge is 0.216 e. The van der Waals surface area contributed by atoms with Crippen LogP contribution in [0.5, 0.6) is 0 Å². The third-order valence-electron chi connectivity index (χ3n) is 2.53. The molecule has 1 heterocycles. The van der Waals surface area contributed by atoms with Crippen LogP contribution in [0, 0.1) is 5.92 Å². The fourth-order valence-electron chi connectivity index (χ4n) is 1.49. The van der Waals surface area contributed by atoms with Crippen molar-refractivity contribution < 1.29 is 4.79 Å². The Bertz CT molecular complexity index is 346. The molecule has 0 aliphatic heterocycles. The first-order valence-corrected chi connectivity index (χ1v) is 5.52. The van der Waals surface area contributed by atoms with Gasteiger partial charge in [-0.15, -0.1) is 0 Å². The Morgan fingerprint density at radius 1 is 1.62 bits per heavy atom. The van der Waals surface area contributed by atoms with Crippen LogP contribution in [0.2, 0.25) is 0 Å². The highest BCUT2D eigenvalue weighted by molar-refractivity contribution is 5.72. The maximum absolute atomic E-state index is 10.7. The molecule has 0 radical (unpaired) electrons. The second kappa shape index (κ2) is 5.65. The minimum absolute atomic E-state index is 0.0140. The van der Waals surface area contributed by atoms with Gasteiger partial charge < -0.3 is 15.6 Å². The molecule has 0 saturated carbocycles. The fraction of sp³-hybridized carbons (Fsp3) is 0.636. The molecule has 0 spiro atoms. The van der Waals surface area contributed by atoms with Gasteiger partial charge in [0.2, 0.25) is 5.91 Å². The van der Waals surface area contributed by atoms with E-state index in [4.69, 9.17) is 5.73 Å². The number of imidazole rings is 1. The van der Waals surface area contributed by atoms with Gasteiger partial charge in [-0.3, -0.25) is 4.79 Å². The summed E-state index contributed by atoms with van der Waals surface area (Å²) in [4.78, 5) is 14.8. The molecule has 1 amide bonds. The predicted molar refractivity (Wildman–Crippen MR) is 62.7 cm³/mol. The molecule has 5 nitrogen and oxygen atoms in total. The van der Waals surface area contributed by atoms with E-state index in [0.717, 1.165) is 5.69 Å². The number of rotatable bonds is 5. The van der Waals surface area contributed by atoms with Gasteiger partial charge in [0, 0.05) is 32.3 Å². The standard InChI is InChI=1S/C11H20N4O/c1-8(2)11(12)10-6-13-7-15(10)5-4-14-9(3)16/h6-8,11H,4-5,12H2,1-3H3,(H,14,16). The highest BCUT2D eigenvalue weighted by Crippen LogP contribution is 2.17. The normalized spacial score (nSPS) is 12.8. The molecule has 1 aromatic heterocycles. The van der Waals surface area contributed by atoms with Crippen LogP contribution in [-0.2, 0) is 11.3 Å². The minimum Gasteiger partial charge on any atom is -0.355 e. The maximum Gasteiger partial charge on any atom is 0.216 e. The molecule has 0 aromatic carbocycles. The number of carbonyl (C=O) groups is 1. The SMILES string of the molecule is CC(=O)NCCn1cncc1C(N)C(C)C. The number of nitrogens with zero attached hydrogens (tertiary/aromatic N) is 2. The first-order chi connectivity index (χ1) is 7.52. The summed E-state index contributed by atoms with van der Waals surface area (Å²) in [6, 6.07) is -0.0140. The Morgan fingerprint density at radius 3 is 2.88 bits per heavy atom. The van der Waals surface area contributed by atoms with E-state index in [-0.39, 0.29) is 11.9 Å². The molecule has 1 aromatic rings. The molecule has 1 unspecified atom stereocenters. The third kappa shape index (κ3) is 3.34.